The molecule has 1 saturated heterocycles. The number of carbonyl (C=O) groups is 2. The molecule has 0 spiro atoms. The zero-order valence-corrected chi connectivity index (χ0v) is 17.1. The van der Waals surface area contributed by atoms with Crippen LogP contribution in [-0.2, 0) is 16.1 Å². The van der Waals surface area contributed by atoms with Gasteiger partial charge in [0, 0.05) is 17.7 Å². The summed E-state index contributed by atoms with van der Waals surface area (Å²) in [6, 6.07) is 16.3. The SMILES string of the molecule is COc1ccc(/C(O)=C2/C(=O)C(=O)N(Cc3ccc(F)cc3)C2c2ccccc2F)cc1. The highest BCUT2D eigenvalue weighted by atomic mass is 19.1. The number of Topliss-reactive ketones (excluding diaryl/α,β-unsaturated/α-hetero) is 1. The van der Waals surface area contributed by atoms with Crippen LogP contribution in [0.3, 0.4) is 0 Å². The second kappa shape index (κ2) is 8.63. The van der Waals surface area contributed by atoms with E-state index >= 15 is 0 Å². The van der Waals surface area contributed by atoms with E-state index in [0.717, 1.165) is 0 Å². The van der Waals surface area contributed by atoms with Crippen LogP contribution in [0.4, 0.5) is 8.78 Å². The van der Waals surface area contributed by atoms with Gasteiger partial charge in [0.25, 0.3) is 11.7 Å². The van der Waals surface area contributed by atoms with E-state index in [1.54, 1.807) is 30.3 Å². The third-order valence-corrected chi connectivity index (χ3v) is 5.37. The number of ketones is 1. The number of rotatable bonds is 5. The van der Waals surface area contributed by atoms with Gasteiger partial charge in [-0.15, -0.1) is 0 Å². The molecular formula is C25H19F2NO4. The van der Waals surface area contributed by atoms with Crippen LogP contribution in [0, 0.1) is 11.6 Å². The number of aliphatic hydroxyl groups is 1. The van der Waals surface area contributed by atoms with Gasteiger partial charge in [-0.05, 0) is 48.0 Å². The molecule has 1 fully saturated rings. The fraction of sp³-hybridized carbons (Fsp3) is 0.120. The molecule has 5 nitrogen and oxygen atoms in total. The number of aliphatic hydroxyl groups excluding tert-OH is 1. The number of nitrogens with zero attached hydrogens (tertiary/aromatic N) is 1. The van der Waals surface area contributed by atoms with Crippen LogP contribution in [0.2, 0.25) is 0 Å². The quantitative estimate of drug-likeness (QED) is 0.362. The maximum Gasteiger partial charge on any atom is 0.295 e. The van der Waals surface area contributed by atoms with Crippen molar-refractivity contribution in [3.8, 4) is 5.75 Å². The van der Waals surface area contributed by atoms with Crippen molar-refractivity contribution >= 4 is 17.4 Å². The molecule has 1 aliphatic heterocycles. The standard InChI is InChI=1S/C25H19F2NO4/c1-32-18-12-8-16(9-13-18)23(29)21-22(19-4-2-3-5-20(19)27)28(25(31)24(21)30)14-15-6-10-17(26)11-7-15/h2-13,22,29H,14H2,1H3/b23-21-. The Balaban J connectivity index is 1.85. The average molecular weight is 435 g/mol. The van der Waals surface area contributed by atoms with Gasteiger partial charge >= 0.3 is 0 Å². The smallest absolute Gasteiger partial charge is 0.295 e. The fourth-order valence-corrected chi connectivity index (χ4v) is 3.75. The summed E-state index contributed by atoms with van der Waals surface area (Å²) >= 11 is 0. The monoisotopic (exact) mass is 435 g/mol. The highest BCUT2D eigenvalue weighted by molar-refractivity contribution is 6.46. The predicted molar refractivity (Wildman–Crippen MR) is 114 cm³/mol. The Morgan fingerprint density at radius 2 is 1.62 bits per heavy atom. The number of halogens is 2. The number of amides is 1. The van der Waals surface area contributed by atoms with Gasteiger partial charge in [0.15, 0.2) is 0 Å². The van der Waals surface area contributed by atoms with Gasteiger partial charge in [0.2, 0.25) is 0 Å². The number of carbonyl (C=O) groups excluding carboxylic acids is 2. The first-order valence-corrected chi connectivity index (χ1v) is 9.82. The van der Waals surface area contributed by atoms with Gasteiger partial charge in [-0.3, -0.25) is 9.59 Å². The van der Waals surface area contributed by atoms with E-state index in [0.29, 0.717) is 11.3 Å². The van der Waals surface area contributed by atoms with E-state index in [-0.39, 0.29) is 23.2 Å². The third-order valence-electron chi connectivity index (χ3n) is 5.37. The molecule has 0 saturated carbocycles. The Morgan fingerprint density at radius 1 is 0.969 bits per heavy atom. The molecule has 1 unspecified atom stereocenters. The average Bonchev–Trinajstić information content (AvgIpc) is 3.05. The maximum atomic E-state index is 14.8. The fourth-order valence-electron chi connectivity index (χ4n) is 3.75. The van der Waals surface area contributed by atoms with Crippen molar-refractivity contribution in [3.63, 3.8) is 0 Å². The minimum Gasteiger partial charge on any atom is -0.507 e. The molecule has 32 heavy (non-hydrogen) atoms. The predicted octanol–water partition coefficient (Wildman–Crippen LogP) is 4.60. The highest BCUT2D eigenvalue weighted by Gasteiger charge is 2.46. The molecule has 1 atom stereocenters. The number of hydrogen-bond acceptors (Lipinski definition) is 4. The van der Waals surface area contributed by atoms with Crippen molar-refractivity contribution in [1.82, 2.24) is 4.90 Å². The lowest BCUT2D eigenvalue weighted by atomic mass is 9.94. The van der Waals surface area contributed by atoms with Crippen molar-refractivity contribution in [2.75, 3.05) is 7.11 Å². The topological polar surface area (TPSA) is 66.8 Å². The summed E-state index contributed by atoms with van der Waals surface area (Å²) in [4.78, 5) is 27.1. The number of benzene rings is 3. The lowest BCUT2D eigenvalue weighted by Crippen LogP contribution is -2.29. The lowest BCUT2D eigenvalue weighted by molar-refractivity contribution is -0.140. The minimum absolute atomic E-state index is 0.0662. The van der Waals surface area contributed by atoms with Crippen molar-refractivity contribution in [3.05, 3.63) is 107 Å². The van der Waals surface area contributed by atoms with Crippen molar-refractivity contribution in [2.24, 2.45) is 0 Å². The molecule has 0 aliphatic carbocycles. The van der Waals surface area contributed by atoms with Crippen molar-refractivity contribution in [2.45, 2.75) is 12.6 Å². The number of methoxy groups -OCH3 is 1. The summed E-state index contributed by atoms with van der Waals surface area (Å²) in [5, 5.41) is 11.0. The molecular weight excluding hydrogens is 416 g/mol. The molecule has 1 N–H and O–H groups in total. The Hall–Kier alpha value is -4.00. The van der Waals surface area contributed by atoms with Crippen LogP contribution in [0.5, 0.6) is 5.75 Å². The molecule has 1 aliphatic rings. The van der Waals surface area contributed by atoms with Crippen LogP contribution in [-0.4, -0.2) is 28.8 Å². The summed E-state index contributed by atoms with van der Waals surface area (Å²) in [5.74, 6) is -2.73. The van der Waals surface area contributed by atoms with Gasteiger partial charge in [0.05, 0.1) is 18.7 Å². The molecule has 3 aromatic carbocycles. The summed E-state index contributed by atoms with van der Waals surface area (Å²) in [6.45, 7) is -0.0662. The first kappa shape index (κ1) is 21.2. The summed E-state index contributed by atoms with van der Waals surface area (Å²) in [6.07, 6.45) is 0. The van der Waals surface area contributed by atoms with Crippen LogP contribution < -0.4 is 4.74 Å². The summed E-state index contributed by atoms with van der Waals surface area (Å²) < 4.78 is 33.2. The van der Waals surface area contributed by atoms with Crippen LogP contribution in [0.1, 0.15) is 22.7 Å². The largest absolute Gasteiger partial charge is 0.507 e. The normalized spacial score (nSPS) is 17.6. The van der Waals surface area contributed by atoms with Gasteiger partial charge in [-0.25, -0.2) is 8.78 Å². The summed E-state index contributed by atoms with van der Waals surface area (Å²) in [5.41, 5.74) is 0.697. The first-order valence-electron chi connectivity index (χ1n) is 9.82. The molecule has 0 bridgehead atoms. The molecule has 1 heterocycles. The van der Waals surface area contributed by atoms with Gasteiger partial charge < -0.3 is 14.7 Å². The maximum absolute atomic E-state index is 14.8. The zero-order chi connectivity index (χ0) is 22.8. The van der Waals surface area contributed by atoms with E-state index in [2.05, 4.69) is 0 Å². The second-order valence-electron chi connectivity index (χ2n) is 7.30. The Labute approximate surface area is 183 Å². The minimum atomic E-state index is -1.15. The third kappa shape index (κ3) is 3.85. The van der Waals surface area contributed by atoms with Crippen LogP contribution in [0.15, 0.2) is 78.4 Å². The molecule has 4 rings (SSSR count). The lowest BCUT2D eigenvalue weighted by Gasteiger charge is -2.25. The van der Waals surface area contributed by atoms with Gasteiger partial charge in [-0.1, -0.05) is 30.3 Å². The van der Waals surface area contributed by atoms with Crippen LogP contribution >= 0.6 is 0 Å². The van der Waals surface area contributed by atoms with E-state index in [1.165, 1.54) is 54.5 Å². The first-order chi connectivity index (χ1) is 15.4. The summed E-state index contributed by atoms with van der Waals surface area (Å²) in [7, 11) is 1.49. The van der Waals surface area contributed by atoms with Gasteiger partial charge in [0.1, 0.15) is 23.1 Å². The molecule has 3 aromatic rings. The van der Waals surface area contributed by atoms with E-state index < -0.39 is 35.1 Å². The number of hydrogen-bond donors (Lipinski definition) is 1. The molecule has 0 radical (unpaired) electrons. The Bertz CT molecular complexity index is 1200. The van der Waals surface area contributed by atoms with E-state index in [1.807, 2.05) is 0 Å². The number of ether oxygens (including phenoxy) is 1. The van der Waals surface area contributed by atoms with Gasteiger partial charge in [-0.2, -0.15) is 0 Å². The molecule has 1 amide bonds. The Morgan fingerprint density at radius 3 is 2.25 bits per heavy atom. The van der Waals surface area contributed by atoms with E-state index in [9.17, 15) is 23.5 Å². The molecule has 7 heteroatoms. The van der Waals surface area contributed by atoms with E-state index in [4.69, 9.17) is 4.74 Å². The zero-order valence-electron chi connectivity index (χ0n) is 17.1. The number of likely N-dealkylation sites (tertiary alicyclic amines) is 1. The van der Waals surface area contributed by atoms with Crippen molar-refractivity contribution in [1.29, 1.82) is 0 Å². The van der Waals surface area contributed by atoms with Crippen molar-refractivity contribution < 1.29 is 28.2 Å². The molecule has 0 aromatic heterocycles. The van der Waals surface area contributed by atoms with Crippen LogP contribution in [0.25, 0.3) is 5.76 Å². The Kier molecular flexibility index (Phi) is 5.73. The second-order valence-corrected chi connectivity index (χ2v) is 7.30. The molecule has 162 valence electrons. The highest BCUT2D eigenvalue weighted by Crippen LogP contribution is 2.41.